The van der Waals surface area contributed by atoms with E-state index in [1.54, 1.807) is 7.05 Å². The van der Waals surface area contributed by atoms with E-state index in [-0.39, 0.29) is 11.3 Å². The van der Waals surface area contributed by atoms with Gasteiger partial charge in [0.1, 0.15) is 0 Å². The highest BCUT2D eigenvalue weighted by Gasteiger charge is 2.34. The number of benzene rings is 1. The Morgan fingerprint density at radius 3 is 2.57 bits per heavy atom. The van der Waals surface area contributed by atoms with Gasteiger partial charge in [0.15, 0.2) is 5.96 Å². The summed E-state index contributed by atoms with van der Waals surface area (Å²) in [4.78, 5) is 19.3. The molecular weight excluding hydrogens is 372 g/mol. The second kappa shape index (κ2) is 10.8. The molecule has 0 atom stereocenters. The summed E-state index contributed by atoms with van der Waals surface area (Å²) in [6, 6.07) is 9.08. The summed E-state index contributed by atoms with van der Waals surface area (Å²) in [5.41, 5.74) is 2.97. The van der Waals surface area contributed by atoms with Crippen molar-refractivity contribution < 1.29 is 4.79 Å². The van der Waals surface area contributed by atoms with Gasteiger partial charge in [-0.25, -0.2) is 0 Å². The van der Waals surface area contributed by atoms with Crippen molar-refractivity contribution in [3.63, 3.8) is 0 Å². The van der Waals surface area contributed by atoms with Crippen LogP contribution in [0, 0.1) is 12.8 Å². The Kier molecular flexibility index (Phi) is 8.17. The highest BCUT2D eigenvalue weighted by atomic mass is 16.1. The van der Waals surface area contributed by atoms with E-state index in [1.165, 1.54) is 43.2 Å². The number of guanidine groups is 1. The maximum atomic E-state index is 11.7. The van der Waals surface area contributed by atoms with Crippen molar-refractivity contribution in [1.82, 2.24) is 15.5 Å². The quantitative estimate of drug-likeness (QED) is 0.548. The van der Waals surface area contributed by atoms with Gasteiger partial charge < -0.3 is 15.5 Å². The minimum Gasteiger partial charge on any atom is -0.359 e. The SMILES string of the molecule is CCNC(=NCC1(c2cccc(C)c2)CCCCC1)N1CCC(CC(=O)NC)CC1. The normalized spacial score (nSPS) is 20.1. The van der Waals surface area contributed by atoms with Gasteiger partial charge in [-0.05, 0) is 51.0 Å². The number of aryl methyl sites for hydroxylation is 1. The maximum absolute atomic E-state index is 11.7. The van der Waals surface area contributed by atoms with Gasteiger partial charge in [-0.2, -0.15) is 0 Å². The van der Waals surface area contributed by atoms with E-state index in [9.17, 15) is 4.79 Å². The molecule has 2 fully saturated rings. The molecule has 3 rings (SSSR count). The molecule has 0 bridgehead atoms. The van der Waals surface area contributed by atoms with Gasteiger partial charge in [-0.3, -0.25) is 9.79 Å². The van der Waals surface area contributed by atoms with Crippen molar-refractivity contribution in [2.24, 2.45) is 10.9 Å². The molecule has 166 valence electrons. The van der Waals surface area contributed by atoms with Crippen molar-refractivity contribution in [1.29, 1.82) is 0 Å². The number of carbonyl (C=O) groups is 1. The molecule has 1 aromatic carbocycles. The lowest BCUT2D eigenvalue weighted by Gasteiger charge is -2.38. The number of aliphatic imine (C=N–C) groups is 1. The lowest BCUT2D eigenvalue weighted by Crippen LogP contribution is -2.47. The standard InChI is InChI=1S/C25H40N4O/c1-4-27-24(29-15-11-21(12-16-29)18-23(30)26-3)28-19-25(13-6-5-7-14-25)22-10-8-9-20(2)17-22/h8-10,17,21H,4-7,11-16,18-19H2,1-3H3,(H,26,30)(H,27,28). The number of rotatable bonds is 6. The number of hydrogen-bond donors (Lipinski definition) is 2. The predicted molar refractivity (Wildman–Crippen MR) is 125 cm³/mol. The highest BCUT2D eigenvalue weighted by molar-refractivity contribution is 5.80. The predicted octanol–water partition coefficient (Wildman–Crippen LogP) is 4.01. The van der Waals surface area contributed by atoms with E-state index in [1.807, 2.05) is 0 Å². The first-order valence-electron chi connectivity index (χ1n) is 11.9. The molecule has 30 heavy (non-hydrogen) atoms. The fraction of sp³-hybridized carbons (Fsp3) is 0.680. The van der Waals surface area contributed by atoms with Crippen LogP contribution in [0.3, 0.4) is 0 Å². The molecule has 1 aliphatic carbocycles. The summed E-state index contributed by atoms with van der Waals surface area (Å²) in [6.45, 7) is 8.03. The van der Waals surface area contributed by atoms with E-state index in [2.05, 4.69) is 53.6 Å². The number of likely N-dealkylation sites (tertiary alicyclic amines) is 1. The number of carbonyl (C=O) groups excluding carboxylic acids is 1. The average Bonchev–Trinajstić information content (AvgIpc) is 2.78. The largest absolute Gasteiger partial charge is 0.359 e. The van der Waals surface area contributed by atoms with Crippen LogP contribution in [0.5, 0.6) is 0 Å². The second-order valence-electron chi connectivity index (χ2n) is 9.19. The zero-order valence-corrected chi connectivity index (χ0v) is 19.2. The van der Waals surface area contributed by atoms with Crippen molar-refractivity contribution in [2.75, 3.05) is 33.2 Å². The third kappa shape index (κ3) is 5.77. The topological polar surface area (TPSA) is 56.7 Å². The second-order valence-corrected chi connectivity index (χ2v) is 9.19. The Labute approximate surface area is 182 Å². The van der Waals surface area contributed by atoms with Gasteiger partial charge >= 0.3 is 0 Å². The highest BCUT2D eigenvalue weighted by Crippen LogP contribution is 2.40. The lowest BCUT2D eigenvalue weighted by atomic mass is 9.69. The molecule has 1 aromatic rings. The third-order valence-electron chi connectivity index (χ3n) is 6.97. The van der Waals surface area contributed by atoms with Crippen LogP contribution >= 0.6 is 0 Å². The molecule has 5 heteroatoms. The summed E-state index contributed by atoms with van der Waals surface area (Å²) in [7, 11) is 1.72. The minimum absolute atomic E-state index is 0.159. The van der Waals surface area contributed by atoms with Crippen molar-refractivity contribution in [3.05, 3.63) is 35.4 Å². The van der Waals surface area contributed by atoms with Crippen LogP contribution in [-0.2, 0) is 10.2 Å². The van der Waals surface area contributed by atoms with E-state index in [0.717, 1.165) is 45.0 Å². The summed E-state index contributed by atoms with van der Waals surface area (Å²) in [5.74, 6) is 1.70. The number of amides is 1. The molecule has 1 saturated heterocycles. The molecule has 1 aliphatic heterocycles. The van der Waals surface area contributed by atoms with E-state index in [0.29, 0.717) is 12.3 Å². The molecule has 5 nitrogen and oxygen atoms in total. The number of piperidine rings is 1. The van der Waals surface area contributed by atoms with Crippen molar-refractivity contribution >= 4 is 11.9 Å². The fourth-order valence-corrected chi connectivity index (χ4v) is 5.11. The number of nitrogens with one attached hydrogen (secondary N) is 2. The summed E-state index contributed by atoms with van der Waals surface area (Å²) in [6.07, 6.45) is 9.16. The maximum Gasteiger partial charge on any atom is 0.220 e. The molecule has 0 unspecified atom stereocenters. The molecule has 2 N–H and O–H groups in total. The molecule has 0 radical (unpaired) electrons. The number of hydrogen-bond acceptors (Lipinski definition) is 2. The van der Waals surface area contributed by atoms with Gasteiger partial charge in [0, 0.05) is 38.5 Å². The van der Waals surface area contributed by atoms with E-state index in [4.69, 9.17) is 4.99 Å². The molecular formula is C25H40N4O. The van der Waals surface area contributed by atoms with Gasteiger partial charge in [0.25, 0.3) is 0 Å². The molecule has 1 saturated carbocycles. The van der Waals surface area contributed by atoms with Gasteiger partial charge in [0.05, 0.1) is 6.54 Å². The molecule has 1 amide bonds. The van der Waals surface area contributed by atoms with Gasteiger partial charge in [-0.1, -0.05) is 49.1 Å². The van der Waals surface area contributed by atoms with E-state index >= 15 is 0 Å². The van der Waals surface area contributed by atoms with Crippen LogP contribution in [-0.4, -0.2) is 50.0 Å². The van der Waals surface area contributed by atoms with Crippen LogP contribution < -0.4 is 10.6 Å². The zero-order chi connectivity index (χ0) is 21.4. The summed E-state index contributed by atoms with van der Waals surface area (Å²) < 4.78 is 0. The average molecular weight is 413 g/mol. The Morgan fingerprint density at radius 1 is 1.20 bits per heavy atom. The minimum atomic E-state index is 0.159. The van der Waals surface area contributed by atoms with Crippen LogP contribution in [0.4, 0.5) is 0 Å². The van der Waals surface area contributed by atoms with Crippen LogP contribution in [0.15, 0.2) is 29.3 Å². The first-order chi connectivity index (χ1) is 14.6. The lowest BCUT2D eigenvalue weighted by molar-refractivity contribution is -0.121. The van der Waals surface area contributed by atoms with Crippen LogP contribution in [0.2, 0.25) is 0 Å². The Morgan fingerprint density at radius 2 is 1.93 bits per heavy atom. The smallest absolute Gasteiger partial charge is 0.220 e. The van der Waals surface area contributed by atoms with Crippen LogP contribution in [0.1, 0.15) is 69.4 Å². The zero-order valence-electron chi connectivity index (χ0n) is 19.2. The first-order valence-corrected chi connectivity index (χ1v) is 11.9. The third-order valence-corrected chi connectivity index (χ3v) is 6.97. The molecule has 0 aromatic heterocycles. The Bertz CT molecular complexity index is 716. The monoisotopic (exact) mass is 412 g/mol. The van der Waals surface area contributed by atoms with E-state index < -0.39 is 0 Å². The summed E-state index contributed by atoms with van der Waals surface area (Å²) in [5, 5.41) is 6.29. The Balaban J connectivity index is 1.71. The molecule has 1 heterocycles. The van der Waals surface area contributed by atoms with Crippen molar-refractivity contribution in [2.45, 2.75) is 70.6 Å². The van der Waals surface area contributed by atoms with Gasteiger partial charge in [-0.15, -0.1) is 0 Å². The number of nitrogens with zero attached hydrogens (tertiary/aromatic N) is 2. The Hall–Kier alpha value is -2.04. The molecule has 2 aliphatic rings. The fourth-order valence-electron chi connectivity index (χ4n) is 5.11. The first kappa shape index (κ1) is 22.6. The van der Waals surface area contributed by atoms with Crippen molar-refractivity contribution in [3.8, 4) is 0 Å². The molecule has 0 spiro atoms. The van der Waals surface area contributed by atoms with Crippen LogP contribution in [0.25, 0.3) is 0 Å². The van der Waals surface area contributed by atoms with Gasteiger partial charge in [0.2, 0.25) is 5.91 Å². The summed E-state index contributed by atoms with van der Waals surface area (Å²) >= 11 is 0.